The first-order valence-corrected chi connectivity index (χ1v) is 9.07. The molecule has 0 spiro atoms. The first-order valence-electron chi connectivity index (χ1n) is 9.07. The number of aromatic nitrogens is 7. The Hall–Kier alpha value is -3.48. The van der Waals surface area contributed by atoms with E-state index < -0.39 is 0 Å². The van der Waals surface area contributed by atoms with E-state index in [-0.39, 0.29) is 0 Å². The predicted octanol–water partition coefficient (Wildman–Crippen LogP) is 3.63. The Morgan fingerprint density at radius 2 is 2.04 bits per heavy atom. The molecule has 0 aliphatic heterocycles. The minimum atomic E-state index is 0.658. The van der Waals surface area contributed by atoms with Crippen LogP contribution in [0.5, 0.6) is 0 Å². The maximum Gasteiger partial charge on any atom is 0.140 e. The summed E-state index contributed by atoms with van der Waals surface area (Å²) in [5, 5.41) is 0. The van der Waals surface area contributed by atoms with Crippen LogP contribution in [0, 0.1) is 0 Å². The van der Waals surface area contributed by atoms with Gasteiger partial charge < -0.3 is 14.1 Å². The Morgan fingerprint density at radius 1 is 1.07 bits per heavy atom. The van der Waals surface area contributed by atoms with E-state index in [4.69, 9.17) is 4.98 Å². The van der Waals surface area contributed by atoms with E-state index in [1.54, 1.807) is 12.5 Å². The SMILES string of the molecule is CCCn1c(Cn2ccnc2-c2ccc3nc[nH]c3c2)nc2ccncc21. The molecule has 0 aliphatic carbocycles. The Balaban J connectivity index is 1.56. The number of imidazole rings is 3. The molecule has 0 fully saturated rings. The molecule has 1 N–H and O–H groups in total. The van der Waals surface area contributed by atoms with Gasteiger partial charge in [-0.1, -0.05) is 6.92 Å². The molecule has 0 saturated carbocycles. The molecule has 5 rings (SSSR count). The third-order valence-electron chi connectivity index (χ3n) is 4.78. The Labute approximate surface area is 155 Å². The number of hydrogen-bond acceptors (Lipinski definition) is 4. The van der Waals surface area contributed by atoms with Crippen molar-refractivity contribution in [3.63, 3.8) is 0 Å². The van der Waals surface area contributed by atoms with Gasteiger partial charge in [0.05, 0.1) is 41.1 Å². The van der Waals surface area contributed by atoms with Crippen LogP contribution in [0.25, 0.3) is 33.5 Å². The summed E-state index contributed by atoms with van der Waals surface area (Å²) in [6.07, 6.45) is 10.3. The highest BCUT2D eigenvalue weighted by Gasteiger charge is 2.14. The van der Waals surface area contributed by atoms with Gasteiger partial charge in [0.25, 0.3) is 0 Å². The van der Waals surface area contributed by atoms with Gasteiger partial charge in [-0.05, 0) is 30.7 Å². The summed E-state index contributed by atoms with van der Waals surface area (Å²) in [5.74, 6) is 1.93. The second-order valence-corrected chi connectivity index (χ2v) is 6.56. The van der Waals surface area contributed by atoms with Crippen molar-refractivity contribution >= 4 is 22.1 Å². The summed E-state index contributed by atoms with van der Waals surface area (Å²) < 4.78 is 4.39. The van der Waals surface area contributed by atoms with Gasteiger partial charge in [0.15, 0.2) is 0 Å². The number of rotatable bonds is 5. The number of aromatic amines is 1. The quantitative estimate of drug-likeness (QED) is 0.521. The van der Waals surface area contributed by atoms with Gasteiger partial charge in [-0.2, -0.15) is 0 Å². The van der Waals surface area contributed by atoms with Crippen LogP contribution in [-0.4, -0.2) is 34.1 Å². The van der Waals surface area contributed by atoms with Crippen molar-refractivity contribution in [3.05, 3.63) is 61.2 Å². The fourth-order valence-electron chi connectivity index (χ4n) is 3.54. The lowest BCUT2D eigenvalue weighted by Crippen LogP contribution is -2.09. The lowest BCUT2D eigenvalue weighted by Gasteiger charge is -2.11. The maximum absolute atomic E-state index is 4.84. The molecule has 0 aliphatic rings. The van der Waals surface area contributed by atoms with E-state index >= 15 is 0 Å². The smallest absolute Gasteiger partial charge is 0.140 e. The number of aryl methyl sites for hydroxylation is 1. The van der Waals surface area contributed by atoms with Crippen molar-refractivity contribution in [1.29, 1.82) is 0 Å². The normalized spacial score (nSPS) is 11.6. The van der Waals surface area contributed by atoms with Crippen LogP contribution in [0.15, 0.2) is 55.4 Å². The van der Waals surface area contributed by atoms with Gasteiger partial charge >= 0.3 is 0 Å². The van der Waals surface area contributed by atoms with Gasteiger partial charge in [-0.15, -0.1) is 0 Å². The lowest BCUT2D eigenvalue weighted by molar-refractivity contribution is 0.627. The number of nitrogens with zero attached hydrogens (tertiary/aromatic N) is 6. The molecule has 7 nitrogen and oxygen atoms in total. The van der Waals surface area contributed by atoms with Crippen LogP contribution in [0.3, 0.4) is 0 Å². The monoisotopic (exact) mass is 357 g/mol. The maximum atomic E-state index is 4.84. The summed E-state index contributed by atoms with van der Waals surface area (Å²) in [5.41, 5.74) is 5.07. The Kier molecular flexibility index (Phi) is 3.71. The van der Waals surface area contributed by atoms with Crippen molar-refractivity contribution in [2.24, 2.45) is 0 Å². The summed E-state index contributed by atoms with van der Waals surface area (Å²) in [7, 11) is 0. The molecule has 0 unspecified atom stereocenters. The number of hydrogen-bond donors (Lipinski definition) is 1. The van der Waals surface area contributed by atoms with Crippen LogP contribution in [0.4, 0.5) is 0 Å². The second kappa shape index (κ2) is 6.35. The van der Waals surface area contributed by atoms with E-state index in [2.05, 4.69) is 48.1 Å². The molecule has 0 saturated heterocycles. The summed E-state index contributed by atoms with van der Waals surface area (Å²) in [4.78, 5) is 21.1. The van der Waals surface area contributed by atoms with Crippen LogP contribution >= 0.6 is 0 Å². The van der Waals surface area contributed by atoms with Crippen LogP contribution in [0.1, 0.15) is 19.2 Å². The third kappa shape index (κ3) is 2.68. The van der Waals surface area contributed by atoms with Crippen molar-refractivity contribution in [1.82, 2.24) is 34.1 Å². The molecule has 4 heterocycles. The molecule has 27 heavy (non-hydrogen) atoms. The standard InChI is InChI=1S/C20H19N7/c1-2-8-27-18-11-21-6-5-16(18)25-19(27)12-26-9-7-22-20(26)14-3-4-15-17(10-14)24-13-23-15/h3-7,9-11,13H,2,8,12H2,1H3,(H,23,24). The van der Waals surface area contributed by atoms with Gasteiger partial charge in [-0.3, -0.25) is 4.98 Å². The third-order valence-corrected chi connectivity index (χ3v) is 4.78. The van der Waals surface area contributed by atoms with E-state index in [1.165, 1.54) is 0 Å². The van der Waals surface area contributed by atoms with Crippen LogP contribution in [0.2, 0.25) is 0 Å². The Morgan fingerprint density at radius 3 is 2.96 bits per heavy atom. The number of H-pyrrole nitrogens is 1. The molecule has 1 aromatic carbocycles. The van der Waals surface area contributed by atoms with Gasteiger partial charge in [0.2, 0.25) is 0 Å². The minimum Gasteiger partial charge on any atom is -0.345 e. The minimum absolute atomic E-state index is 0.658. The molecule has 0 amide bonds. The highest BCUT2D eigenvalue weighted by molar-refractivity contribution is 5.80. The molecule has 4 aromatic heterocycles. The van der Waals surface area contributed by atoms with E-state index in [1.807, 2.05) is 30.7 Å². The molecule has 0 radical (unpaired) electrons. The van der Waals surface area contributed by atoms with Crippen molar-refractivity contribution in [3.8, 4) is 11.4 Å². The molecule has 134 valence electrons. The average molecular weight is 357 g/mol. The highest BCUT2D eigenvalue weighted by atomic mass is 15.1. The summed E-state index contributed by atoms with van der Waals surface area (Å²) in [6.45, 7) is 3.75. The summed E-state index contributed by atoms with van der Waals surface area (Å²) in [6, 6.07) is 8.12. The van der Waals surface area contributed by atoms with Crippen molar-refractivity contribution < 1.29 is 0 Å². The van der Waals surface area contributed by atoms with Crippen molar-refractivity contribution in [2.45, 2.75) is 26.4 Å². The van der Waals surface area contributed by atoms with E-state index in [0.29, 0.717) is 6.54 Å². The fraction of sp³-hybridized carbons (Fsp3) is 0.200. The topological polar surface area (TPSA) is 77.2 Å². The number of nitrogens with one attached hydrogen (secondary N) is 1. The van der Waals surface area contributed by atoms with Gasteiger partial charge in [0.1, 0.15) is 11.6 Å². The first kappa shape index (κ1) is 15.7. The zero-order valence-electron chi connectivity index (χ0n) is 15.0. The second-order valence-electron chi connectivity index (χ2n) is 6.56. The molecular formula is C20H19N7. The van der Waals surface area contributed by atoms with E-state index in [9.17, 15) is 0 Å². The molecular weight excluding hydrogens is 338 g/mol. The highest BCUT2D eigenvalue weighted by Crippen LogP contribution is 2.23. The number of pyridine rings is 1. The molecule has 0 atom stereocenters. The molecule has 7 heteroatoms. The van der Waals surface area contributed by atoms with Gasteiger partial charge in [-0.25, -0.2) is 15.0 Å². The van der Waals surface area contributed by atoms with Crippen molar-refractivity contribution in [2.75, 3.05) is 0 Å². The fourth-order valence-corrected chi connectivity index (χ4v) is 3.54. The zero-order chi connectivity index (χ0) is 18.2. The van der Waals surface area contributed by atoms with Crippen LogP contribution in [-0.2, 0) is 13.1 Å². The zero-order valence-corrected chi connectivity index (χ0v) is 15.0. The van der Waals surface area contributed by atoms with E-state index in [0.717, 1.165) is 52.2 Å². The van der Waals surface area contributed by atoms with Gasteiger partial charge in [0, 0.05) is 30.7 Å². The molecule has 0 bridgehead atoms. The Bertz CT molecular complexity index is 1230. The van der Waals surface area contributed by atoms with Crippen LogP contribution < -0.4 is 0 Å². The lowest BCUT2D eigenvalue weighted by atomic mass is 10.2. The first-order chi connectivity index (χ1) is 13.3. The molecule has 5 aromatic rings. The number of fused-ring (bicyclic) bond motifs is 2. The summed E-state index contributed by atoms with van der Waals surface area (Å²) >= 11 is 0. The largest absolute Gasteiger partial charge is 0.345 e. The average Bonchev–Trinajstić information content (AvgIpc) is 3.41. The predicted molar refractivity (Wildman–Crippen MR) is 104 cm³/mol. The number of benzene rings is 1.